The fraction of sp³-hybridized carbons (Fsp3) is 0.905. The Kier molecular flexibility index (Phi) is 4.16. The molecule has 1 aliphatic heterocycles. The fourth-order valence-corrected chi connectivity index (χ4v) is 7.51. The first-order valence-electron chi connectivity index (χ1n) is 10.4. The van der Waals surface area contributed by atoms with Gasteiger partial charge >= 0.3 is 0 Å². The summed E-state index contributed by atoms with van der Waals surface area (Å²) in [4.78, 5) is 23.7. The van der Waals surface area contributed by atoms with Crippen LogP contribution < -0.4 is 10.6 Å². The van der Waals surface area contributed by atoms with Gasteiger partial charge in [0.15, 0.2) is 0 Å². The normalized spacial score (nSPS) is 49.2. The Morgan fingerprint density at radius 2 is 1.80 bits per heavy atom. The van der Waals surface area contributed by atoms with E-state index in [0.717, 1.165) is 43.6 Å². The summed E-state index contributed by atoms with van der Waals surface area (Å²) in [5, 5.41) is 6.38. The van der Waals surface area contributed by atoms with Gasteiger partial charge in [0.25, 0.3) is 0 Å². The van der Waals surface area contributed by atoms with Gasteiger partial charge in [-0.3, -0.25) is 9.59 Å². The van der Waals surface area contributed by atoms with Crippen molar-refractivity contribution in [3.05, 3.63) is 0 Å². The van der Waals surface area contributed by atoms with Crippen LogP contribution in [0.1, 0.15) is 72.1 Å². The minimum Gasteiger partial charge on any atom is -0.356 e. The molecule has 4 rings (SSSR count). The van der Waals surface area contributed by atoms with E-state index in [1.54, 1.807) is 6.92 Å². The number of nitrogens with one attached hydrogen (secondary N) is 2. The van der Waals surface area contributed by atoms with Crippen LogP contribution in [0.15, 0.2) is 0 Å². The Morgan fingerprint density at radius 3 is 2.56 bits per heavy atom. The predicted octanol–water partition coefficient (Wildman–Crippen LogP) is 3.26. The summed E-state index contributed by atoms with van der Waals surface area (Å²) in [6, 6.07) is 0.360. The molecule has 0 bridgehead atoms. The van der Waals surface area contributed by atoms with Crippen LogP contribution >= 0.6 is 0 Å². The summed E-state index contributed by atoms with van der Waals surface area (Å²) in [5.41, 5.74) is 0.588. The van der Waals surface area contributed by atoms with Gasteiger partial charge in [-0.25, -0.2) is 0 Å². The van der Waals surface area contributed by atoms with E-state index in [1.807, 2.05) is 0 Å². The third-order valence-electron chi connectivity index (χ3n) is 8.86. The van der Waals surface area contributed by atoms with E-state index in [4.69, 9.17) is 0 Å². The van der Waals surface area contributed by atoms with Crippen LogP contribution in [0.4, 0.5) is 0 Å². The first-order valence-corrected chi connectivity index (χ1v) is 10.4. The molecule has 0 aromatic heterocycles. The molecule has 3 aliphatic carbocycles. The molecule has 4 heteroatoms. The molecule has 0 spiro atoms. The zero-order valence-electron chi connectivity index (χ0n) is 16.1. The lowest BCUT2D eigenvalue weighted by Crippen LogP contribution is -2.54. The number of hydrogen-bond acceptors (Lipinski definition) is 2. The molecule has 4 fully saturated rings. The molecule has 2 N–H and O–H groups in total. The molecule has 140 valence electrons. The summed E-state index contributed by atoms with van der Waals surface area (Å²) in [5.74, 6) is 3.23. The van der Waals surface area contributed by atoms with Gasteiger partial charge in [-0.2, -0.15) is 0 Å². The Bertz CT molecular complexity index is 576. The second-order valence-electron chi connectivity index (χ2n) is 9.84. The SMILES string of the molecule is CC(=O)N[C@H]1CC[C@@H]2[C@H]3CC[C@H]4CC(=O)NCC[C@]4(C)[C@@H]3CC[C@]12C. The summed E-state index contributed by atoms with van der Waals surface area (Å²) in [6.45, 7) is 7.43. The molecule has 7 atom stereocenters. The van der Waals surface area contributed by atoms with Crippen LogP contribution in [0.3, 0.4) is 0 Å². The standard InChI is InChI=1S/C21H34N2O2/c1-13(24)23-18-7-6-16-15-5-4-14-12-19(25)22-11-10-20(14,2)17(15)8-9-21(16,18)3/h14-18H,4-12H2,1-3H3,(H,22,25)(H,23,24)/t14-,15+,16+,17+,18-,20-,21-/m0/s1. The maximum absolute atomic E-state index is 12.1. The van der Waals surface area contributed by atoms with Crippen LogP contribution in [0.25, 0.3) is 0 Å². The highest BCUT2D eigenvalue weighted by Gasteiger charge is 2.59. The lowest BCUT2D eigenvalue weighted by Gasteiger charge is -2.58. The molecule has 25 heavy (non-hydrogen) atoms. The smallest absolute Gasteiger partial charge is 0.220 e. The van der Waals surface area contributed by atoms with E-state index in [0.29, 0.717) is 17.4 Å². The Morgan fingerprint density at radius 1 is 1.04 bits per heavy atom. The maximum atomic E-state index is 12.1. The number of amides is 2. The van der Waals surface area contributed by atoms with Crippen molar-refractivity contribution in [2.75, 3.05) is 6.54 Å². The summed E-state index contributed by atoms with van der Waals surface area (Å²) in [7, 11) is 0. The minimum atomic E-state index is 0.123. The van der Waals surface area contributed by atoms with Crippen molar-refractivity contribution in [3.8, 4) is 0 Å². The average Bonchev–Trinajstić information content (AvgIpc) is 2.77. The Hall–Kier alpha value is -1.06. The van der Waals surface area contributed by atoms with Crippen molar-refractivity contribution < 1.29 is 9.59 Å². The second kappa shape index (κ2) is 5.99. The number of fused-ring (bicyclic) bond motifs is 5. The molecule has 0 unspecified atom stereocenters. The highest BCUT2D eigenvalue weighted by molar-refractivity contribution is 5.76. The maximum Gasteiger partial charge on any atom is 0.220 e. The molecule has 0 aromatic rings. The van der Waals surface area contributed by atoms with E-state index >= 15 is 0 Å². The van der Waals surface area contributed by atoms with Crippen molar-refractivity contribution in [2.45, 2.75) is 78.2 Å². The van der Waals surface area contributed by atoms with E-state index in [9.17, 15) is 9.59 Å². The van der Waals surface area contributed by atoms with Crippen LogP contribution in [-0.2, 0) is 9.59 Å². The van der Waals surface area contributed by atoms with Crippen LogP contribution in [0.2, 0.25) is 0 Å². The molecule has 0 aromatic carbocycles. The number of carbonyl (C=O) groups excluding carboxylic acids is 2. The first kappa shape index (κ1) is 17.4. The van der Waals surface area contributed by atoms with Gasteiger partial charge in [-0.05, 0) is 79.4 Å². The quantitative estimate of drug-likeness (QED) is 0.766. The summed E-state index contributed by atoms with van der Waals surface area (Å²) < 4.78 is 0. The molecule has 4 nitrogen and oxygen atoms in total. The van der Waals surface area contributed by atoms with E-state index in [-0.39, 0.29) is 17.2 Å². The number of rotatable bonds is 1. The molecule has 0 radical (unpaired) electrons. The fourth-order valence-electron chi connectivity index (χ4n) is 7.51. The van der Waals surface area contributed by atoms with Crippen molar-refractivity contribution in [3.63, 3.8) is 0 Å². The average molecular weight is 347 g/mol. The van der Waals surface area contributed by atoms with Crippen LogP contribution in [0, 0.1) is 34.5 Å². The highest BCUT2D eigenvalue weighted by atomic mass is 16.2. The Balaban J connectivity index is 1.59. The summed E-state index contributed by atoms with van der Waals surface area (Å²) >= 11 is 0. The van der Waals surface area contributed by atoms with E-state index in [1.165, 1.54) is 32.1 Å². The third kappa shape index (κ3) is 2.62. The molecule has 2 amide bonds. The lowest BCUT2D eigenvalue weighted by atomic mass is 9.46. The predicted molar refractivity (Wildman–Crippen MR) is 97.7 cm³/mol. The highest BCUT2D eigenvalue weighted by Crippen LogP contribution is 2.65. The lowest BCUT2D eigenvalue weighted by molar-refractivity contribution is -0.126. The van der Waals surface area contributed by atoms with Crippen LogP contribution in [-0.4, -0.2) is 24.4 Å². The van der Waals surface area contributed by atoms with E-state index in [2.05, 4.69) is 24.5 Å². The topological polar surface area (TPSA) is 58.2 Å². The van der Waals surface area contributed by atoms with Crippen molar-refractivity contribution >= 4 is 11.8 Å². The zero-order chi connectivity index (χ0) is 17.8. The molecular weight excluding hydrogens is 312 g/mol. The first-order chi connectivity index (χ1) is 11.8. The van der Waals surface area contributed by atoms with Gasteiger partial charge in [0.05, 0.1) is 0 Å². The van der Waals surface area contributed by atoms with Crippen molar-refractivity contribution in [2.24, 2.45) is 34.5 Å². The molecule has 1 saturated heterocycles. The third-order valence-corrected chi connectivity index (χ3v) is 8.86. The monoisotopic (exact) mass is 346 g/mol. The molecule has 1 heterocycles. The van der Waals surface area contributed by atoms with Gasteiger partial charge < -0.3 is 10.6 Å². The molecular formula is C21H34N2O2. The largest absolute Gasteiger partial charge is 0.356 e. The second-order valence-corrected chi connectivity index (χ2v) is 9.84. The van der Waals surface area contributed by atoms with Gasteiger partial charge in [0.2, 0.25) is 11.8 Å². The molecule has 4 aliphatic rings. The summed E-state index contributed by atoms with van der Waals surface area (Å²) in [6.07, 6.45) is 9.28. The number of carbonyl (C=O) groups is 2. The van der Waals surface area contributed by atoms with Gasteiger partial charge in [-0.1, -0.05) is 13.8 Å². The molecule has 3 saturated carbocycles. The van der Waals surface area contributed by atoms with Gasteiger partial charge in [0.1, 0.15) is 0 Å². The van der Waals surface area contributed by atoms with Gasteiger partial charge in [-0.15, -0.1) is 0 Å². The van der Waals surface area contributed by atoms with Crippen molar-refractivity contribution in [1.82, 2.24) is 10.6 Å². The van der Waals surface area contributed by atoms with Crippen LogP contribution in [0.5, 0.6) is 0 Å². The number of hydrogen-bond donors (Lipinski definition) is 2. The van der Waals surface area contributed by atoms with E-state index < -0.39 is 0 Å². The van der Waals surface area contributed by atoms with Gasteiger partial charge in [0, 0.05) is 25.9 Å². The van der Waals surface area contributed by atoms with Crippen molar-refractivity contribution in [1.29, 1.82) is 0 Å². The minimum absolute atomic E-state index is 0.123. The zero-order valence-corrected chi connectivity index (χ0v) is 16.1. The Labute approximate surface area is 151 Å².